The van der Waals surface area contributed by atoms with Crippen LogP contribution in [-0.2, 0) is 13.5 Å². The average Bonchev–Trinajstić information content (AvgIpc) is 3.32. The van der Waals surface area contributed by atoms with Crippen molar-refractivity contribution in [2.24, 2.45) is 7.05 Å². The third-order valence-corrected chi connectivity index (χ3v) is 4.59. The monoisotopic (exact) mass is 394 g/mol. The molecule has 0 radical (unpaired) electrons. The van der Waals surface area contributed by atoms with Gasteiger partial charge in [-0.3, -0.25) is 9.48 Å². The molecule has 0 bridgehead atoms. The summed E-state index contributed by atoms with van der Waals surface area (Å²) in [6.45, 7) is 2.12. The SMILES string of the molecule is Cc1nc(CCN(C)C(=O)c2cc(-c3cnn(C)c3)nc3cc(F)ccc23)no1. The lowest BCUT2D eigenvalue weighted by atomic mass is 10.0. The number of carbonyl (C=O) groups is 1. The highest BCUT2D eigenvalue weighted by atomic mass is 19.1. The number of fused-ring (bicyclic) bond motifs is 1. The number of aryl methyl sites for hydroxylation is 2. The van der Waals surface area contributed by atoms with Crippen LogP contribution in [0.1, 0.15) is 22.1 Å². The van der Waals surface area contributed by atoms with E-state index in [1.165, 1.54) is 12.1 Å². The molecule has 0 spiro atoms. The van der Waals surface area contributed by atoms with Gasteiger partial charge in [-0.15, -0.1) is 0 Å². The Bertz CT molecular complexity index is 1200. The summed E-state index contributed by atoms with van der Waals surface area (Å²) in [6, 6.07) is 5.95. The zero-order valence-corrected chi connectivity index (χ0v) is 16.3. The third kappa shape index (κ3) is 3.84. The van der Waals surface area contributed by atoms with Gasteiger partial charge in [0.1, 0.15) is 5.82 Å². The van der Waals surface area contributed by atoms with Gasteiger partial charge < -0.3 is 9.42 Å². The molecule has 0 aliphatic rings. The van der Waals surface area contributed by atoms with Crippen molar-refractivity contribution >= 4 is 16.8 Å². The Morgan fingerprint density at radius 1 is 1.28 bits per heavy atom. The number of likely N-dealkylation sites (N-methyl/N-ethyl adjacent to an activating group) is 1. The number of aromatic nitrogens is 5. The molecule has 9 heteroatoms. The maximum absolute atomic E-state index is 13.8. The van der Waals surface area contributed by atoms with Gasteiger partial charge in [0.25, 0.3) is 5.91 Å². The predicted molar refractivity (Wildman–Crippen MR) is 104 cm³/mol. The maximum atomic E-state index is 13.8. The van der Waals surface area contributed by atoms with Crippen molar-refractivity contribution in [3.05, 3.63) is 59.8 Å². The van der Waals surface area contributed by atoms with E-state index < -0.39 is 5.82 Å². The fraction of sp³-hybridized carbons (Fsp3) is 0.250. The van der Waals surface area contributed by atoms with E-state index in [1.54, 1.807) is 55.1 Å². The first-order chi connectivity index (χ1) is 13.9. The average molecular weight is 394 g/mol. The standard InChI is InChI=1S/C20H19FN6O2/c1-12-23-19(25-29-12)6-7-26(2)20(28)16-9-17(13-10-22-27(3)11-13)24-18-8-14(21)4-5-15(16)18/h4-5,8-11H,6-7H2,1-3H3. The first-order valence-electron chi connectivity index (χ1n) is 9.04. The number of hydrogen-bond acceptors (Lipinski definition) is 6. The summed E-state index contributed by atoms with van der Waals surface area (Å²) in [5, 5.41) is 8.59. The van der Waals surface area contributed by atoms with E-state index in [9.17, 15) is 9.18 Å². The number of carbonyl (C=O) groups excluding carboxylic acids is 1. The highest BCUT2D eigenvalue weighted by molar-refractivity contribution is 6.07. The fourth-order valence-corrected chi connectivity index (χ4v) is 3.10. The molecule has 8 nitrogen and oxygen atoms in total. The number of hydrogen-bond donors (Lipinski definition) is 0. The summed E-state index contributed by atoms with van der Waals surface area (Å²) >= 11 is 0. The molecule has 0 unspecified atom stereocenters. The second-order valence-electron chi connectivity index (χ2n) is 6.83. The van der Waals surface area contributed by atoms with E-state index in [0.29, 0.717) is 46.8 Å². The molecule has 0 aliphatic carbocycles. The van der Waals surface area contributed by atoms with E-state index in [0.717, 1.165) is 5.56 Å². The lowest BCUT2D eigenvalue weighted by Gasteiger charge is -2.18. The van der Waals surface area contributed by atoms with E-state index in [1.807, 2.05) is 0 Å². The molecule has 1 aromatic carbocycles. The molecular weight excluding hydrogens is 375 g/mol. The van der Waals surface area contributed by atoms with Gasteiger partial charge in [0.2, 0.25) is 5.89 Å². The van der Waals surface area contributed by atoms with Crippen LogP contribution in [0.3, 0.4) is 0 Å². The van der Waals surface area contributed by atoms with Crippen molar-refractivity contribution in [2.75, 3.05) is 13.6 Å². The Kier molecular flexibility index (Phi) is 4.79. The Labute approximate surface area is 166 Å². The van der Waals surface area contributed by atoms with Gasteiger partial charge in [-0.05, 0) is 18.2 Å². The van der Waals surface area contributed by atoms with Crippen molar-refractivity contribution < 1.29 is 13.7 Å². The van der Waals surface area contributed by atoms with Crippen molar-refractivity contribution in [3.63, 3.8) is 0 Å². The van der Waals surface area contributed by atoms with Gasteiger partial charge in [-0.1, -0.05) is 5.16 Å². The maximum Gasteiger partial charge on any atom is 0.254 e. The smallest absolute Gasteiger partial charge is 0.254 e. The summed E-state index contributed by atoms with van der Waals surface area (Å²) in [7, 11) is 3.50. The number of pyridine rings is 1. The predicted octanol–water partition coefficient (Wildman–Crippen LogP) is 2.78. The Balaban J connectivity index is 1.69. The molecule has 0 aliphatic heterocycles. The van der Waals surface area contributed by atoms with Crippen LogP contribution in [0.15, 0.2) is 41.2 Å². The zero-order valence-electron chi connectivity index (χ0n) is 16.3. The molecule has 29 heavy (non-hydrogen) atoms. The lowest BCUT2D eigenvalue weighted by Crippen LogP contribution is -2.29. The molecule has 0 saturated carbocycles. The van der Waals surface area contributed by atoms with Crippen LogP contribution in [-0.4, -0.2) is 49.3 Å². The number of halogens is 1. The summed E-state index contributed by atoms with van der Waals surface area (Å²) in [4.78, 5) is 23.4. The largest absolute Gasteiger partial charge is 0.341 e. The van der Waals surface area contributed by atoms with Gasteiger partial charge in [0.05, 0.1) is 23.0 Å². The summed E-state index contributed by atoms with van der Waals surface area (Å²) in [5.74, 6) is 0.416. The van der Waals surface area contributed by atoms with Crippen LogP contribution < -0.4 is 0 Å². The number of amides is 1. The normalized spacial score (nSPS) is 11.2. The second kappa shape index (κ2) is 7.42. The second-order valence-corrected chi connectivity index (χ2v) is 6.83. The minimum Gasteiger partial charge on any atom is -0.341 e. The molecule has 3 aromatic heterocycles. The van der Waals surface area contributed by atoms with E-state index in [-0.39, 0.29) is 5.91 Å². The first-order valence-corrected chi connectivity index (χ1v) is 9.04. The number of benzene rings is 1. The van der Waals surface area contributed by atoms with Gasteiger partial charge in [0, 0.05) is 57.2 Å². The summed E-state index contributed by atoms with van der Waals surface area (Å²) < 4.78 is 20.4. The quantitative estimate of drug-likeness (QED) is 0.517. The molecule has 0 fully saturated rings. The fourth-order valence-electron chi connectivity index (χ4n) is 3.10. The molecule has 4 aromatic rings. The van der Waals surface area contributed by atoms with Crippen LogP contribution in [0.25, 0.3) is 22.2 Å². The molecule has 0 saturated heterocycles. The minimum atomic E-state index is -0.410. The van der Waals surface area contributed by atoms with Crippen LogP contribution in [0.2, 0.25) is 0 Å². The van der Waals surface area contributed by atoms with Crippen LogP contribution in [0, 0.1) is 12.7 Å². The van der Waals surface area contributed by atoms with Crippen molar-refractivity contribution in [1.82, 2.24) is 29.8 Å². The van der Waals surface area contributed by atoms with E-state index >= 15 is 0 Å². The molecule has 148 valence electrons. The van der Waals surface area contributed by atoms with Gasteiger partial charge in [-0.2, -0.15) is 10.1 Å². The molecule has 1 amide bonds. The molecule has 0 atom stereocenters. The topological polar surface area (TPSA) is 89.9 Å². The summed E-state index contributed by atoms with van der Waals surface area (Å²) in [6.07, 6.45) is 3.92. The number of rotatable bonds is 5. The van der Waals surface area contributed by atoms with Crippen LogP contribution >= 0.6 is 0 Å². The van der Waals surface area contributed by atoms with Crippen LogP contribution in [0.5, 0.6) is 0 Å². The van der Waals surface area contributed by atoms with E-state index in [4.69, 9.17) is 4.52 Å². The Morgan fingerprint density at radius 3 is 2.79 bits per heavy atom. The minimum absolute atomic E-state index is 0.200. The molecular formula is C20H19FN6O2. The highest BCUT2D eigenvalue weighted by Crippen LogP contribution is 2.26. The number of nitrogens with zero attached hydrogens (tertiary/aromatic N) is 6. The molecule has 0 N–H and O–H groups in total. The molecule has 3 heterocycles. The first kappa shape index (κ1) is 18.7. The van der Waals surface area contributed by atoms with Crippen molar-refractivity contribution in [1.29, 1.82) is 0 Å². The van der Waals surface area contributed by atoms with Crippen molar-refractivity contribution in [3.8, 4) is 11.3 Å². The van der Waals surface area contributed by atoms with Crippen LogP contribution in [0.4, 0.5) is 4.39 Å². The third-order valence-electron chi connectivity index (χ3n) is 4.59. The Morgan fingerprint density at radius 2 is 2.10 bits per heavy atom. The van der Waals surface area contributed by atoms with Crippen molar-refractivity contribution in [2.45, 2.75) is 13.3 Å². The highest BCUT2D eigenvalue weighted by Gasteiger charge is 2.19. The van der Waals surface area contributed by atoms with Gasteiger partial charge >= 0.3 is 0 Å². The Hall–Kier alpha value is -3.62. The van der Waals surface area contributed by atoms with E-state index in [2.05, 4.69) is 20.2 Å². The van der Waals surface area contributed by atoms with Gasteiger partial charge in [0.15, 0.2) is 5.82 Å². The summed E-state index contributed by atoms with van der Waals surface area (Å²) in [5.41, 5.74) is 2.16. The zero-order chi connectivity index (χ0) is 20.5. The lowest BCUT2D eigenvalue weighted by molar-refractivity contribution is 0.0797. The molecule has 4 rings (SSSR count). The van der Waals surface area contributed by atoms with Gasteiger partial charge in [-0.25, -0.2) is 9.37 Å².